The first-order chi connectivity index (χ1) is 11.5. The third-order valence-electron chi connectivity index (χ3n) is 4.25. The summed E-state index contributed by atoms with van der Waals surface area (Å²) < 4.78 is 5.52. The number of aromatic carboxylic acids is 1. The van der Waals surface area contributed by atoms with Crippen molar-refractivity contribution in [1.29, 1.82) is 0 Å². The molecule has 134 valence electrons. The number of ether oxygens (including phenoxy) is 1. The molecule has 1 unspecified atom stereocenters. The van der Waals surface area contributed by atoms with Gasteiger partial charge in [-0.2, -0.15) is 0 Å². The fourth-order valence-corrected chi connectivity index (χ4v) is 2.70. The Balaban J connectivity index is 2.32. The van der Waals surface area contributed by atoms with Gasteiger partial charge in [-0.15, -0.1) is 0 Å². The summed E-state index contributed by atoms with van der Waals surface area (Å²) in [7, 11) is 1.71. The lowest BCUT2D eigenvalue weighted by Crippen LogP contribution is -2.37. The van der Waals surface area contributed by atoms with Crippen molar-refractivity contribution in [2.24, 2.45) is 5.92 Å². The molecule has 0 spiro atoms. The van der Waals surface area contributed by atoms with Crippen LogP contribution in [0.3, 0.4) is 0 Å². The molecular formula is C18H28N2O4. The van der Waals surface area contributed by atoms with E-state index in [1.54, 1.807) is 19.2 Å². The van der Waals surface area contributed by atoms with Crippen LogP contribution in [0.15, 0.2) is 24.3 Å². The summed E-state index contributed by atoms with van der Waals surface area (Å²) in [6, 6.07) is 6.19. The smallest absolute Gasteiger partial charge is 0.335 e. The second kappa shape index (κ2) is 10.6. The molecule has 2 amide bonds. The van der Waals surface area contributed by atoms with E-state index in [-0.39, 0.29) is 17.7 Å². The largest absolute Gasteiger partial charge is 0.478 e. The lowest BCUT2D eigenvalue weighted by Gasteiger charge is -2.24. The fourth-order valence-electron chi connectivity index (χ4n) is 2.70. The minimum absolute atomic E-state index is 0.156. The Labute approximate surface area is 143 Å². The van der Waals surface area contributed by atoms with Crippen molar-refractivity contribution in [3.05, 3.63) is 35.4 Å². The predicted molar refractivity (Wildman–Crippen MR) is 93.1 cm³/mol. The fraction of sp³-hybridized carbons (Fsp3) is 0.556. The number of hydrogen-bond donors (Lipinski definition) is 3. The number of carbonyl (C=O) groups is 2. The second-order valence-electron chi connectivity index (χ2n) is 5.75. The van der Waals surface area contributed by atoms with E-state index in [0.29, 0.717) is 19.0 Å². The van der Waals surface area contributed by atoms with Crippen molar-refractivity contribution < 1.29 is 19.4 Å². The molecule has 24 heavy (non-hydrogen) atoms. The van der Waals surface area contributed by atoms with Crippen LogP contribution in [0.2, 0.25) is 0 Å². The zero-order valence-corrected chi connectivity index (χ0v) is 14.7. The number of carbonyl (C=O) groups excluding carboxylic acids is 1. The van der Waals surface area contributed by atoms with Crippen molar-refractivity contribution in [2.45, 2.75) is 45.8 Å². The van der Waals surface area contributed by atoms with Crippen LogP contribution in [0.1, 0.15) is 49.0 Å². The van der Waals surface area contributed by atoms with E-state index < -0.39 is 5.97 Å². The van der Waals surface area contributed by atoms with Crippen LogP contribution < -0.4 is 10.6 Å². The maximum atomic E-state index is 11.8. The van der Waals surface area contributed by atoms with E-state index in [4.69, 9.17) is 9.84 Å². The van der Waals surface area contributed by atoms with Crippen molar-refractivity contribution in [2.75, 3.05) is 13.7 Å². The first kappa shape index (κ1) is 20.0. The van der Waals surface area contributed by atoms with Crippen LogP contribution >= 0.6 is 0 Å². The molecule has 1 aromatic carbocycles. The molecule has 3 N–H and O–H groups in total. The normalized spacial score (nSPS) is 12.0. The molecule has 1 rings (SSSR count). The molecular weight excluding hydrogens is 308 g/mol. The minimum Gasteiger partial charge on any atom is -0.478 e. The highest BCUT2D eigenvalue weighted by Gasteiger charge is 2.17. The minimum atomic E-state index is -0.961. The summed E-state index contributed by atoms with van der Waals surface area (Å²) in [5, 5.41) is 14.4. The molecule has 0 aliphatic carbocycles. The Morgan fingerprint density at radius 1 is 1.12 bits per heavy atom. The summed E-state index contributed by atoms with van der Waals surface area (Å²) >= 11 is 0. The van der Waals surface area contributed by atoms with Gasteiger partial charge in [-0.05, 0) is 30.0 Å². The van der Waals surface area contributed by atoms with E-state index >= 15 is 0 Å². The van der Waals surface area contributed by atoms with Gasteiger partial charge in [-0.25, -0.2) is 9.59 Å². The molecule has 1 aromatic rings. The monoisotopic (exact) mass is 336 g/mol. The second-order valence-corrected chi connectivity index (χ2v) is 5.75. The van der Waals surface area contributed by atoms with Crippen molar-refractivity contribution in [3.8, 4) is 0 Å². The number of hydrogen-bond acceptors (Lipinski definition) is 3. The molecule has 6 nitrogen and oxygen atoms in total. The molecule has 0 aliphatic heterocycles. The maximum absolute atomic E-state index is 11.8. The standard InChI is InChI=1S/C18H28N2O4/c1-4-14(5-2)16(24-3)10-11-19-18(23)20-12-13-6-8-15(9-7-13)17(21)22/h6-9,14,16H,4-5,10-12H2,1-3H3,(H,21,22)(H2,19,20,23). The summed E-state index contributed by atoms with van der Waals surface area (Å²) in [6.45, 7) is 5.21. The zero-order valence-electron chi connectivity index (χ0n) is 14.7. The van der Waals surface area contributed by atoms with Gasteiger partial charge in [0.1, 0.15) is 0 Å². The molecule has 0 fully saturated rings. The van der Waals surface area contributed by atoms with Crippen LogP contribution in [0.25, 0.3) is 0 Å². The van der Waals surface area contributed by atoms with E-state index in [2.05, 4.69) is 24.5 Å². The van der Waals surface area contributed by atoms with Gasteiger partial charge in [0.2, 0.25) is 0 Å². The Kier molecular flexibility index (Phi) is 8.86. The number of nitrogens with one attached hydrogen (secondary N) is 2. The Morgan fingerprint density at radius 2 is 1.75 bits per heavy atom. The van der Waals surface area contributed by atoms with E-state index in [9.17, 15) is 9.59 Å². The highest BCUT2D eigenvalue weighted by atomic mass is 16.5. The average molecular weight is 336 g/mol. The van der Waals surface area contributed by atoms with Crippen LogP contribution in [0.4, 0.5) is 4.79 Å². The van der Waals surface area contributed by atoms with Gasteiger partial charge in [0, 0.05) is 20.2 Å². The molecule has 0 radical (unpaired) electrons. The van der Waals surface area contributed by atoms with Crippen molar-refractivity contribution in [3.63, 3.8) is 0 Å². The molecule has 1 atom stereocenters. The number of carboxylic acid groups (broad SMARTS) is 1. The predicted octanol–water partition coefficient (Wildman–Crippen LogP) is 3.03. The molecule has 0 bridgehead atoms. The van der Waals surface area contributed by atoms with Crippen LogP contribution in [-0.2, 0) is 11.3 Å². The van der Waals surface area contributed by atoms with Crippen LogP contribution in [-0.4, -0.2) is 36.9 Å². The topological polar surface area (TPSA) is 87.7 Å². The summed E-state index contributed by atoms with van der Waals surface area (Å²) in [5.41, 5.74) is 1.08. The van der Waals surface area contributed by atoms with Crippen LogP contribution in [0, 0.1) is 5.92 Å². The molecule has 0 saturated carbocycles. The van der Waals surface area contributed by atoms with Crippen molar-refractivity contribution in [1.82, 2.24) is 10.6 Å². The maximum Gasteiger partial charge on any atom is 0.335 e. The highest BCUT2D eigenvalue weighted by molar-refractivity contribution is 5.87. The highest BCUT2D eigenvalue weighted by Crippen LogP contribution is 2.18. The number of rotatable bonds is 10. The quantitative estimate of drug-likeness (QED) is 0.613. The Hall–Kier alpha value is -2.08. The number of benzene rings is 1. The van der Waals surface area contributed by atoms with Gasteiger partial charge in [0.25, 0.3) is 0 Å². The summed E-state index contributed by atoms with van der Waals surface area (Å²) in [5.74, 6) is -0.454. The molecule has 6 heteroatoms. The Morgan fingerprint density at radius 3 is 2.25 bits per heavy atom. The number of amides is 2. The van der Waals surface area contributed by atoms with Gasteiger partial charge in [0.05, 0.1) is 11.7 Å². The van der Waals surface area contributed by atoms with Crippen molar-refractivity contribution >= 4 is 12.0 Å². The lowest BCUT2D eigenvalue weighted by molar-refractivity contribution is 0.0428. The first-order valence-electron chi connectivity index (χ1n) is 8.38. The molecule has 0 aliphatic rings. The molecule has 0 heterocycles. The number of methoxy groups -OCH3 is 1. The number of carboxylic acids is 1. The SMILES string of the molecule is CCC(CC)C(CCNC(=O)NCc1ccc(C(=O)O)cc1)OC. The summed E-state index contributed by atoms with van der Waals surface area (Å²) in [4.78, 5) is 22.6. The average Bonchev–Trinajstić information content (AvgIpc) is 2.59. The zero-order chi connectivity index (χ0) is 17.9. The summed E-state index contributed by atoms with van der Waals surface area (Å²) in [6.07, 6.45) is 3.06. The third kappa shape index (κ3) is 6.58. The van der Waals surface area contributed by atoms with Gasteiger partial charge in [-0.1, -0.05) is 38.8 Å². The van der Waals surface area contributed by atoms with Gasteiger partial charge >= 0.3 is 12.0 Å². The first-order valence-corrected chi connectivity index (χ1v) is 8.38. The Bertz CT molecular complexity index is 512. The van der Waals surface area contributed by atoms with Gasteiger partial charge in [-0.3, -0.25) is 0 Å². The lowest BCUT2D eigenvalue weighted by atomic mass is 9.94. The molecule has 0 aromatic heterocycles. The molecule has 0 saturated heterocycles. The van der Waals surface area contributed by atoms with E-state index in [1.165, 1.54) is 12.1 Å². The van der Waals surface area contributed by atoms with Gasteiger partial charge < -0.3 is 20.5 Å². The van der Waals surface area contributed by atoms with E-state index in [1.807, 2.05) is 0 Å². The van der Waals surface area contributed by atoms with Gasteiger partial charge in [0.15, 0.2) is 0 Å². The van der Waals surface area contributed by atoms with E-state index in [0.717, 1.165) is 24.8 Å². The number of urea groups is 1. The van der Waals surface area contributed by atoms with Crippen LogP contribution in [0.5, 0.6) is 0 Å². The third-order valence-corrected chi connectivity index (χ3v) is 4.25.